The Balaban J connectivity index is 2.34. The first kappa shape index (κ1) is 12.6. The average Bonchev–Trinajstić information content (AvgIpc) is 2.85. The Morgan fingerprint density at radius 1 is 1.39 bits per heavy atom. The van der Waals surface area contributed by atoms with E-state index < -0.39 is 12.0 Å². The Hall–Kier alpha value is -1.85. The topological polar surface area (TPSA) is 75.4 Å². The number of aliphatic carboxylic acids is 1. The molecule has 1 aromatic rings. The van der Waals surface area contributed by atoms with Crippen molar-refractivity contribution < 1.29 is 14.7 Å². The van der Waals surface area contributed by atoms with Crippen LogP contribution in [-0.4, -0.2) is 44.3 Å². The molecule has 0 aromatic carbocycles. The highest BCUT2D eigenvalue weighted by molar-refractivity contribution is 5.98. The smallest absolute Gasteiger partial charge is 0.326 e. The maximum atomic E-state index is 12.4. The number of carbonyl (C=O) groups is 2. The number of aromatic nitrogens is 2. The van der Waals surface area contributed by atoms with Crippen molar-refractivity contribution in [1.29, 1.82) is 0 Å². The predicted molar refractivity (Wildman–Crippen MR) is 64.4 cm³/mol. The number of hydrogen-bond acceptors (Lipinski definition) is 3. The molecule has 1 aromatic heterocycles. The largest absolute Gasteiger partial charge is 0.480 e. The molecule has 1 amide bonds. The molecule has 1 fully saturated rings. The van der Waals surface area contributed by atoms with Crippen LogP contribution < -0.4 is 0 Å². The van der Waals surface area contributed by atoms with Crippen LogP contribution in [0.15, 0.2) is 0 Å². The Kier molecular flexibility index (Phi) is 3.11. The number of likely N-dealkylation sites (tertiary alicyclic amines) is 1. The third kappa shape index (κ3) is 1.87. The third-order valence-electron chi connectivity index (χ3n) is 3.52. The summed E-state index contributed by atoms with van der Waals surface area (Å²) in [7, 11) is 1.78. The fraction of sp³-hybridized carbons (Fsp3) is 0.583. The summed E-state index contributed by atoms with van der Waals surface area (Å²) >= 11 is 0. The van der Waals surface area contributed by atoms with Crippen LogP contribution in [0.5, 0.6) is 0 Å². The van der Waals surface area contributed by atoms with E-state index >= 15 is 0 Å². The Bertz CT molecular complexity index is 507. The summed E-state index contributed by atoms with van der Waals surface area (Å²) in [5.74, 6) is -1.15. The van der Waals surface area contributed by atoms with Gasteiger partial charge in [-0.05, 0) is 26.7 Å². The van der Waals surface area contributed by atoms with Crippen LogP contribution in [0.1, 0.15) is 34.6 Å². The molecular formula is C12H17N3O3. The van der Waals surface area contributed by atoms with Gasteiger partial charge in [-0.25, -0.2) is 4.79 Å². The molecule has 0 spiro atoms. The number of rotatable bonds is 2. The summed E-state index contributed by atoms with van der Waals surface area (Å²) in [6.45, 7) is 4.09. The van der Waals surface area contributed by atoms with Crippen molar-refractivity contribution in [2.24, 2.45) is 7.05 Å². The summed E-state index contributed by atoms with van der Waals surface area (Å²) in [4.78, 5) is 25.0. The SMILES string of the molecule is Cc1nn(C)c(C)c1C(=O)N1CCCC1C(=O)O. The van der Waals surface area contributed by atoms with Crippen LogP contribution >= 0.6 is 0 Å². The first-order valence-electron chi connectivity index (χ1n) is 5.97. The number of carboxylic acid groups (broad SMARTS) is 1. The molecule has 0 saturated carbocycles. The Morgan fingerprint density at radius 2 is 2.06 bits per heavy atom. The zero-order valence-corrected chi connectivity index (χ0v) is 10.8. The molecule has 1 aliphatic heterocycles. The molecule has 6 nitrogen and oxygen atoms in total. The zero-order chi connectivity index (χ0) is 13.4. The van der Waals surface area contributed by atoms with Gasteiger partial charge < -0.3 is 10.0 Å². The second kappa shape index (κ2) is 4.44. The fourth-order valence-electron chi connectivity index (χ4n) is 2.49. The van der Waals surface area contributed by atoms with Gasteiger partial charge in [-0.2, -0.15) is 5.10 Å². The zero-order valence-electron chi connectivity index (χ0n) is 10.8. The average molecular weight is 251 g/mol. The highest BCUT2D eigenvalue weighted by Gasteiger charge is 2.36. The van der Waals surface area contributed by atoms with Crippen molar-refractivity contribution >= 4 is 11.9 Å². The lowest BCUT2D eigenvalue weighted by atomic mass is 10.1. The first-order chi connectivity index (χ1) is 8.43. The van der Waals surface area contributed by atoms with Gasteiger partial charge in [0, 0.05) is 19.3 Å². The molecule has 1 N–H and O–H groups in total. The minimum absolute atomic E-state index is 0.219. The maximum Gasteiger partial charge on any atom is 0.326 e. The van der Waals surface area contributed by atoms with Crippen molar-refractivity contribution in [2.45, 2.75) is 32.7 Å². The molecule has 2 heterocycles. The highest BCUT2D eigenvalue weighted by Crippen LogP contribution is 2.23. The van der Waals surface area contributed by atoms with Gasteiger partial charge in [0.1, 0.15) is 6.04 Å². The lowest BCUT2D eigenvalue weighted by Gasteiger charge is -2.21. The normalized spacial score (nSPS) is 19.3. The Morgan fingerprint density at radius 3 is 2.56 bits per heavy atom. The van der Waals surface area contributed by atoms with E-state index in [0.717, 1.165) is 12.1 Å². The van der Waals surface area contributed by atoms with E-state index in [0.29, 0.717) is 24.2 Å². The number of nitrogens with zero attached hydrogens (tertiary/aromatic N) is 3. The van der Waals surface area contributed by atoms with Crippen LogP contribution in [0.2, 0.25) is 0 Å². The number of carbonyl (C=O) groups excluding carboxylic acids is 1. The van der Waals surface area contributed by atoms with E-state index in [1.807, 2.05) is 6.92 Å². The van der Waals surface area contributed by atoms with E-state index in [9.17, 15) is 9.59 Å². The molecule has 6 heteroatoms. The van der Waals surface area contributed by atoms with Gasteiger partial charge in [0.2, 0.25) is 0 Å². The molecule has 0 aliphatic carbocycles. The molecule has 2 rings (SSSR count). The molecule has 18 heavy (non-hydrogen) atoms. The molecule has 98 valence electrons. The summed E-state index contributed by atoms with van der Waals surface area (Å²) in [6, 6.07) is -0.698. The summed E-state index contributed by atoms with van der Waals surface area (Å²) in [5, 5.41) is 13.3. The van der Waals surface area contributed by atoms with Crippen molar-refractivity contribution in [1.82, 2.24) is 14.7 Å². The quantitative estimate of drug-likeness (QED) is 0.840. The summed E-state index contributed by atoms with van der Waals surface area (Å²) < 4.78 is 1.65. The van der Waals surface area contributed by atoms with Crippen LogP contribution in [0, 0.1) is 13.8 Å². The van der Waals surface area contributed by atoms with Gasteiger partial charge in [0.15, 0.2) is 0 Å². The van der Waals surface area contributed by atoms with E-state index in [1.165, 1.54) is 4.90 Å². The van der Waals surface area contributed by atoms with Gasteiger partial charge in [0.25, 0.3) is 5.91 Å². The number of amides is 1. The van der Waals surface area contributed by atoms with Gasteiger partial charge in [-0.3, -0.25) is 9.48 Å². The minimum Gasteiger partial charge on any atom is -0.480 e. The van der Waals surface area contributed by atoms with E-state index in [4.69, 9.17) is 5.11 Å². The third-order valence-corrected chi connectivity index (χ3v) is 3.52. The summed E-state index contributed by atoms with van der Waals surface area (Å²) in [6.07, 6.45) is 1.26. The lowest BCUT2D eigenvalue weighted by Crippen LogP contribution is -2.40. The monoisotopic (exact) mass is 251 g/mol. The van der Waals surface area contributed by atoms with Crippen LogP contribution in [-0.2, 0) is 11.8 Å². The Labute approximate surface area is 105 Å². The van der Waals surface area contributed by atoms with E-state index in [2.05, 4.69) is 5.10 Å². The van der Waals surface area contributed by atoms with Gasteiger partial charge in [-0.15, -0.1) is 0 Å². The number of aryl methyl sites for hydroxylation is 2. The lowest BCUT2D eigenvalue weighted by molar-refractivity contribution is -0.141. The molecule has 1 aliphatic rings. The van der Waals surface area contributed by atoms with Crippen molar-refractivity contribution in [3.05, 3.63) is 17.0 Å². The van der Waals surface area contributed by atoms with Crippen LogP contribution in [0.4, 0.5) is 0 Å². The maximum absolute atomic E-state index is 12.4. The first-order valence-corrected chi connectivity index (χ1v) is 5.97. The summed E-state index contributed by atoms with van der Waals surface area (Å²) in [5.41, 5.74) is 1.95. The highest BCUT2D eigenvalue weighted by atomic mass is 16.4. The molecule has 1 saturated heterocycles. The molecule has 1 atom stereocenters. The van der Waals surface area contributed by atoms with Gasteiger partial charge in [0.05, 0.1) is 11.3 Å². The molecule has 1 unspecified atom stereocenters. The minimum atomic E-state index is -0.931. The van der Waals surface area contributed by atoms with Crippen molar-refractivity contribution in [2.75, 3.05) is 6.54 Å². The number of hydrogen-bond donors (Lipinski definition) is 1. The van der Waals surface area contributed by atoms with Gasteiger partial charge in [-0.1, -0.05) is 0 Å². The van der Waals surface area contributed by atoms with Crippen LogP contribution in [0.3, 0.4) is 0 Å². The van der Waals surface area contributed by atoms with Crippen molar-refractivity contribution in [3.8, 4) is 0 Å². The predicted octanol–water partition coefficient (Wildman–Crippen LogP) is 0.726. The number of carboxylic acids is 1. The van der Waals surface area contributed by atoms with Crippen molar-refractivity contribution in [3.63, 3.8) is 0 Å². The molecule has 0 bridgehead atoms. The van der Waals surface area contributed by atoms with Gasteiger partial charge >= 0.3 is 5.97 Å². The van der Waals surface area contributed by atoms with E-state index in [1.54, 1.807) is 18.7 Å². The van der Waals surface area contributed by atoms with E-state index in [-0.39, 0.29) is 5.91 Å². The molecular weight excluding hydrogens is 234 g/mol. The fourth-order valence-corrected chi connectivity index (χ4v) is 2.49. The second-order valence-corrected chi connectivity index (χ2v) is 4.66. The van der Waals surface area contributed by atoms with Crippen LogP contribution in [0.25, 0.3) is 0 Å². The second-order valence-electron chi connectivity index (χ2n) is 4.66. The standard InChI is InChI=1S/C12H17N3O3/c1-7-10(8(2)14(3)13-7)11(16)15-6-4-5-9(15)12(17)18/h9H,4-6H2,1-3H3,(H,17,18). The molecule has 0 radical (unpaired) electrons.